The number of furan rings is 1. The van der Waals surface area contributed by atoms with Crippen molar-refractivity contribution in [1.82, 2.24) is 5.32 Å². The Morgan fingerprint density at radius 3 is 2.32 bits per heavy atom. The lowest BCUT2D eigenvalue weighted by atomic mass is 10.1. The largest absolute Gasteiger partial charge is 0.475 e. The number of nitrogens with one attached hydrogen (secondary N) is 1. The molecule has 0 atom stereocenters. The summed E-state index contributed by atoms with van der Waals surface area (Å²) in [5.74, 6) is -1.94. The molecule has 1 heterocycles. The fraction of sp³-hybridized carbons (Fsp3) is 0.250. The average molecular weight is 303 g/mol. The van der Waals surface area contributed by atoms with Gasteiger partial charge in [-0.25, -0.2) is 4.79 Å². The number of benzene rings is 1. The van der Waals surface area contributed by atoms with Crippen LogP contribution in [0, 0.1) is 0 Å². The van der Waals surface area contributed by atoms with Crippen molar-refractivity contribution in [3.63, 3.8) is 0 Å². The Morgan fingerprint density at radius 2 is 1.73 bits per heavy atom. The summed E-state index contributed by atoms with van der Waals surface area (Å²) in [6.07, 6.45) is 0. The summed E-state index contributed by atoms with van der Waals surface area (Å²) in [5.41, 5.74) is 1.99. The van der Waals surface area contributed by atoms with Gasteiger partial charge in [0, 0.05) is 13.2 Å². The Bertz CT molecular complexity index is 645. The zero-order valence-electron chi connectivity index (χ0n) is 12.2. The minimum absolute atomic E-state index is 0.0228. The molecule has 0 saturated heterocycles. The number of carboxylic acids is 1. The van der Waals surface area contributed by atoms with E-state index in [4.69, 9.17) is 14.3 Å². The van der Waals surface area contributed by atoms with Crippen molar-refractivity contribution in [2.45, 2.75) is 20.1 Å². The molecule has 0 aliphatic carbocycles. The van der Waals surface area contributed by atoms with Gasteiger partial charge in [0.15, 0.2) is 5.76 Å². The summed E-state index contributed by atoms with van der Waals surface area (Å²) in [7, 11) is 0. The van der Waals surface area contributed by atoms with E-state index in [1.165, 1.54) is 12.1 Å². The molecular formula is C16H17NO5. The van der Waals surface area contributed by atoms with Gasteiger partial charge in [-0.1, -0.05) is 24.3 Å². The van der Waals surface area contributed by atoms with E-state index in [2.05, 4.69) is 5.32 Å². The van der Waals surface area contributed by atoms with E-state index < -0.39 is 11.9 Å². The summed E-state index contributed by atoms with van der Waals surface area (Å²) >= 11 is 0. The number of amides is 1. The summed E-state index contributed by atoms with van der Waals surface area (Å²) < 4.78 is 10.2. The van der Waals surface area contributed by atoms with E-state index in [1.54, 1.807) is 0 Å². The predicted octanol–water partition coefficient (Wildman–Crippen LogP) is 2.44. The van der Waals surface area contributed by atoms with Crippen LogP contribution in [0.1, 0.15) is 39.2 Å². The number of carbonyl (C=O) groups excluding carboxylic acids is 1. The van der Waals surface area contributed by atoms with Crippen LogP contribution in [0.25, 0.3) is 0 Å². The molecule has 2 aromatic rings. The van der Waals surface area contributed by atoms with Crippen molar-refractivity contribution >= 4 is 11.9 Å². The van der Waals surface area contributed by atoms with Gasteiger partial charge in [-0.05, 0) is 30.2 Å². The van der Waals surface area contributed by atoms with Crippen molar-refractivity contribution in [2.24, 2.45) is 0 Å². The van der Waals surface area contributed by atoms with Crippen molar-refractivity contribution in [3.05, 3.63) is 59.0 Å². The average Bonchev–Trinajstić information content (AvgIpc) is 3.02. The molecule has 2 N–H and O–H groups in total. The lowest BCUT2D eigenvalue weighted by molar-refractivity contribution is 0.0659. The van der Waals surface area contributed by atoms with Gasteiger partial charge in [0.2, 0.25) is 5.76 Å². The van der Waals surface area contributed by atoms with E-state index in [0.29, 0.717) is 19.8 Å². The van der Waals surface area contributed by atoms with E-state index in [9.17, 15) is 9.59 Å². The smallest absolute Gasteiger partial charge is 0.371 e. The fourth-order valence-corrected chi connectivity index (χ4v) is 1.82. The summed E-state index contributed by atoms with van der Waals surface area (Å²) in [4.78, 5) is 22.5. The molecule has 0 aliphatic rings. The first kappa shape index (κ1) is 15.8. The maximum atomic E-state index is 11.8. The normalized spacial score (nSPS) is 10.4. The van der Waals surface area contributed by atoms with Gasteiger partial charge in [0.25, 0.3) is 5.91 Å². The second-order valence-electron chi connectivity index (χ2n) is 4.61. The third-order valence-corrected chi connectivity index (χ3v) is 2.99. The maximum absolute atomic E-state index is 11.8. The fourth-order valence-electron chi connectivity index (χ4n) is 1.82. The number of aromatic carboxylic acids is 1. The van der Waals surface area contributed by atoms with Gasteiger partial charge in [-0.3, -0.25) is 4.79 Å². The molecule has 0 radical (unpaired) electrons. The molecule has 0 unspecified atom stereocenters. The Kier molecular flexibility index (Phi) is 5.32. The monoisotopic (exact) mass is 303 g/mol. The summed E-state index contributed by atoms with van der Waals surface area (Å²) in [6.45, 7) is 3.50. The quantitative estimate of drug-likeness (QED) is 0.820. The molecular weight excluding hydrogens is 286 g/mol. The summed E-state index contributed by atoms with van der Waals surface area (Å²) in [6, 6.07) is 10.3. The first-order valence-corrected chi connectivity index (χ1v) is 6.87. The standard InChI is InChI=1S/C16H17NO5/c1-2-21-10-12-5-3-11(4-6-12)9-17-15(18)13-7-8-14(22-13)16(19)20/h3-8H,2,9-10H2,1H3,(H,17,18)(H,19,20). The highest BCUT2D eigenvalue weighted by molar-refractivity contribution is 5.93. The first-order chi connectivity index (χ1) is 10.6. The van der Waals surface area contributed by atoms with Crippen LogP contribution >= 0.6 is 0 Å². The molecule has 1 aromatic carbocycles. The molecule has 1 aromatic heterocycles. The van der Waals surface area contributed by atoms with Crippen molar-refractivity contribution in [1.29, 1.82) is 0 Å². The van der Waals surface area contributed by atoms with Crippen LogP contribution in [-0.4, -0.2) is 23.6 Å². The molecule has 1 amide bonds. The van der Waals surface area contributed by atoms with Crippen molar-refractivity contribution in [2.75, 3.05) is 6.61 Å². The number of hydrogen-bond donors (Lipinski definition) is 2. The predicted molar refractivity (Wildman–Crippen MR) is 78.6 cm³/mol. The highest BCUT2D eigenvalue weighted by atomic mass is 16.5. The molecule has 6 nitrogen and oxygen atoms in total. The number of carboxylic acid groups (broad SMARTS) is 1. The van der Waals surface area contributed by atoms with Crippen molar-refractivity contribution < 1.29 is 23.8 Å². The second-order valence-corrected chi connectivity index (χ2v) is 4.61. The third-order valence-electron chi connectivity index (χ3n) is 2.99. The van der Waals surface area contributed by atoms with Gasteiger partial charge in [-0.15, -0.1) is 0 Å². The van der Waals surface area contributed by atoms with Gasteiger partial charge in [0.05, 0.1) is 6.61 Å². The summed E-state index contributed by atoms with van der Waals surface area (Å²) in [5, 5.41) is 11.4. The van der Waals surface area contributed by atoms with Crippen LogP contribution in [0.5, 0.6) is 0 Å². The van der Waals surface area contributed by atoms with E-state index in [0.717, 1.165) is 11.1 Å². The Labute approximate surface area is 127 Å². The Hall–Kier alpha value is -2.60. The highest BCUT2D eigenvalue weighted by Crippen LogP contribution is 2.09. The second kappa shape index (κ2) is 7.42. The highest BCUT2D eigenvalue weighted by Gasteiger charge is 2.14. The van der Waals surface area contributed by atoms with E-state index in [-0.39, 0.29) is 11.5 Å². The van der Waals surface area contributed by atoms with Gasteiger partial charge >= 0.3 is 5.97 Å². The molecule has 22 heavy (non-hydrogen) atoms. The van der Waals surface area contributed by atoms with Crippen LogP contribution in [-0.2, 0) is 17.9 Å². The molecule has 0 fully saturated rings. The van der Waals surface area contributed by atoms with Crippen LogP contribution in [0.3, 0.4) is 0 Å². The molecule has 0 bridgehead atoms. The molecule has 6 heteroatoms. The Balaban J connectivity index is 1.88. The number of ether oxygens (including phenoxy) is 1. The van der Waals surface area contributed by atoms with Crippen LogP contribution in [0.4, 0.5) is 0 Å². The molecule has 2 rings (SSSR count). The molecule has 0 saturated carbocycles. The van der Waals surface area contributed by atoms with Gasteiger partial charge in [-0.2, -0.15) is 0 Å². The van der Waals surface area contributed by atoms with E-state index >= 15 is 0 Å². The number of hydrogen-bond acceptors (Lipinski definition) is 4. The third kappa shape index (κ3) is 4.20. The SMILES string of the molecule is CCOCc1ccc(CNC(=O)c2ccc(C(=O)O)o2)cc1. The lowest BCUT2D eigenvalue weighted by Crippen LogP contribution is -2.22. The van der Waals surface area contributed by atoms with Crippen molar-refractivity contribution in [3.8, 4) is 0 Å². The first-order valence-electron chi connectivity index (χ1n) is 6.87. The van der Waals surface area contributed by atoms with Crippen LogP contribution in [0.2, 0.25) is 0 Å². The topological polar surface area (TPSA) is 88.8 Å². The Morgan fingerprint density at radius 1 is 1.09 bits per heavy atom. The minimum Gasteiger partial charge on any atom is -0.475 e. The minimum atomic E-state index is -1.20. The number of carbonyl (C=O) groups is 2. The van der Waals surface area contributed by atoms with Crippen LogP contribution < -0.4 is 5.32 Å². The van der Waals surface area contributed by atoms with Gasteiger partial charge in [0.1, 0.15) is 0 Å². The maximum Gasteiger partial charge on any atom is 0.371 e. The van der Waals surface area contributed by atoms with Gasteiger partial charge < -0.3 is 19.6 Å². The zero-order valence-corrected chi connectivity index (χ0v) is 12.2. The van der Waals surface area contributed by atoms with E-state index in [1.807, 2.05) is 31.2 Å². The number of rotatable bonds is 7. The molecule has 116 valence electrons. The zero-order chi connectivity index (χ0) is 15.9. The lowest BCUT2D eigenvalue weighted by Gasteiger charge is -2.05. The molecule has 0 aliphatic heterocycles. The molecule has 0 spiro atoms. The van der Waals surface area contributed by atoms with Crippen LogP contribution in [0.15, 0.2) is 40.8 Å².